The normalized spacial score (nSPS) is 32.6. The summed E-state index contributed by atoms with van der Waals surface area (Å²) in [7, 11) is -15.7. The van der Waals surface area contributed by atoms with Gasteiger partial charge in [-0.05, 0) is 0 Å². The largest absolute Gasteiger partial charge is 0.480 e. The van der Waals surface area contributed by atoms with E-state index >= 15 is 0 Å². The molecule has 5 atom stereocenters. The number of phosphoric acid groups is 1. The van der Waals surface area contributed by atoms with E-state index in [4.69, 9.17) is 29.4 Å². The first-order valence-corrected chi connectivity index (χ1v) is 9.84. The van der Waals surface area contributed by atoms with Crippen LogP contribution in [0.3, 0.4) is 0 Å². The molecule has 0 aromatic heterocycles. The Labute approximate surface area is 117 Å². The molecule has 0 amide bonds. The molecular weight excluding hydrogens is 359 g/mol. The zero-order valence-electron chi connectivity index (χ0n) is 10.1. The molecule has 1 aliphatic heterocycles. The Morgan fingerprint density at radius 1 is 1.14 bits per heavy atom. The van der Waals surface area contributed by atoms with Gasteiger partial charge in [-0.2, -0.15) is 4.31 Å². The fraction of sp³-hybridized carbons (Fsp3) is 1.00. The van der Waals surface area contributed by atoms with Gasteiger partial charge in [0.2, 0.25) is 0 Å². The maximum atomic E-state index is 11.3. The van der Waals surface area contributed by atoms with Gasteiger partial charge in [0.25, 0.3) is 0 Å². The minimum absolute atomic E-state index is 0.246. The van der Waals surface area contributed by atoms with E-state index in [1.807, 2.05) is 0 Å². The van der Waals surface area contributed by atoms with Crippen LogP contribution in [0.2, 0.25) is 0 Å². The number of hydrogen-bond donors (Lipinski definition) is 7. The first-order chi connectivity index (χ1) is 9.31. The summed E-state index contributed by atoms with van der Waals surface area (Å²) in [5, 5.41) is 18.5. The molecule has 1 rings (SSSR count). The summed E-state index contributed by atoms with van der Waals surface area (Å²) in [6.45, 7) is -1.02. The minimum atomic E-state index is -5.33. The highest BCUT2D eigenvalue weighted by molar-refractivity contribution is 7.70. The Balaban J connectivity index is 2.56. The summed E-state index contributed by atoms with van der Waals surface area (Å²) in [4.78, 5) is 35.8. The van der Waals surface area contributed by atoms with Crippen LogP contribution in [0.4, 0.5) is 0 Å². The summed E-state index contributed by atoms with van der Waals surface area (Å²) in [6.07, 6.45) is -3.81. The van der Waals surface area contributed by atoms with Crippen molar-refractivity contribution in [3.05, 3.63) is 0 Å². The Hall–Kier alpha value is 0.290. The van der Waals surface area contributed by atoms with Gasteiger partial charge in [0.15, 0.2) is 0 Å². The predicted octanol–water partition coefficient (Wildman–Crippen LogP) is -1.98. The van der Waals surface area contributed by atoms with E-state index in [1.165, 1.54) is 0 Å². The number of phosphoric ester groups is 1. The quantitative estimate of drug-likeness (QED) is 0.241. The lowest BCUT2D eigenvalue weighted by Crippen LogP contribution is -2.32. The molecule has 1 aliphatic rings. The van der Waals surface area contributed by atoms with Gasteiger partial charge in [-0.3, -0.25) is 4.52 Å². The minimum Gasteiger partial charge on any atom is -0.388 e. The Morgan fingerprint density at radius 2 is 1.71 bits per heavy atom. The zero-order valence-corrected chi connectivity index (χ0v) is 12.8. The van der Waals surface area contributed by atoms with E-state index in [1.54, 1.807) is 0 Å². The molecule has 1 saturated heterocycles. The maximum absolute atomic E-state index is 11.3. The number of aliphatic hydroxyl groups excluding tert-OH is 2. The number of hydrogen-bond acceptors (Lipinski definition) is 8. The Bertz CT molecular complexity index is 503. The van der Waals surface area contributed by atoms with Crippen molar-refractivity contribution in [2.45, 2.75) is 18.3 Å². The van der Waals surface area contributed by atoms with Crippen LogP contribution in [0, 0.1) is 0 Å². The van der Waals surface area contributed by atoms with Crippen molar-refractivity contribution >= 4 is 23.3 Å². The second-order valence-corrected chi connectivity index (χ2v) is 8.72. The van der Waals surface area contributed by atoms with E-state index in [9.17, 15) is 18.8 Å². The van der Waals surface area contributed by atoms with Crippen molar-refractivity contribution in [1.82, 2.24) is 4.86 Å². The van der Waals surface area contributed by atoms with Gasteiger partial charge in [0, 0.05) is 0 Å². The molecule has 0 aliphatic carbocycles. The fourth-order valence-electron chi connectivity index (χ4n) is 1.33. The molecule has 16 heteroatoms. The van der Waals surface area contributed by atoms with Crippen molar-refractivity contribution in [3.8, 4) is 0 Å². The van der Waals surface area contributed by atoms with Crippen LogP contribution in [0.15, 0.2) is 0 Å². The van der Waals surface area contributed by atoms with Gasteiger partial charge in [0.05, 0.1) is 13.2 Å². The number of aliphatic hydroxyl groups is 2. The lowest BCUT2D eigenvalue weighted by molar-refractivity contribution is -0.00559. The monoisotopic (exact) mass is 373 g/mol. The van der Waals surface area contributed by atoms with Gasteiger partial charge >= 0.3 is 23.3 Å². The zero-order chi connectivity index (χ0) is 16.5. The molecule has 1 fully saturated rings. The SMILES string of the molecule is O=P(O)(O)NP(=O)(O)OP(=O)(O)OC[C@H]1OC[C@H](O)[C@@H]1O. The van der Waals surface area contributed by atoms with Gasteiger partial charge in [-0.25, -0.2) is 13.7 Å². The molecule has 0 spiro atoms. The molecule has 126 valence electrons. The molecule has 13 nitrogen and oxygen atoms in total. The highest BCUT2D eigenvalue weighted by Crippen LogP contribution is 2.61. The third-order valence-corrected chi connectivity index (χ3v) is 6.37. The molecule has 0 radical (unpaired) electrons. The van der Waals surface area contributed by atoms with Crippen LogP contribution < -0.4 is 4.86 Å². The van der Waals surface area contributed by atoms with Crippen molar-refractivity contribution in [2.75, 3.05) is 13.2 Å². The van der Waals surface area contributed by atoms with Crippen LogP contribution in [0.1, 0.15) is 0 Å². The number of ether oxygens (including phenoxy) is 1. The van der Waals surface area contributed by atoms with Crippen LogP contribution in [-0.2, 0) is 27.3 Å². The lowest BCUT2D eigenvalue weighted by Gasteiger charge is -2.19. The highest BCUT2D eigenvalue weighted by Gasteiger charge is 2.41. The first kappa shape index (κ1) is 19.3. The van der Waals surface area contributed by atoms with Crippen LogP contribution >= 0.6 is 23.3 Å². The van der Waals surface area contributed by atoms with Crippen LogP contribution in [0.25, 0.3) is 0 Å². The van der Waals surface area contributed by atoms with E-state index in [2.05, 4.69) is 8.83 Å². The van der Waals surface area contributed by atoms with Crippen molar-refractivity contribution in [3.63, 3.8) is 0 Å². The Morgan fingerprint density at radius 3 is 2.14 bits per heavy atom. The summed E-state index contributed by atoms with van der Waals surface area (Å²) in [5.74, 6) is 0. The molecule has 7 N–H and O–H groups in total. The third-order valence-electron chi connectivity index (χ3n) is 2.13. The first-order valence-electron chi connectivity index (χ1n) is 5.16. The van der Waals surface area contributed by atoms with Gasteiger partial charge < -0.3 is 34.5 Å². The van der Waals surface area contributed by atoms with Crippen molar-refractivity contribution in [1.29, 1.82) is 0 Å². The molecular formula is C5H14NO12P3. The maximum Gasteiger partial charge on any atom is 0.480 e. The van der Waals surface area contributed by atoms with Crippen molar-refractivity contribution in [2.24, 2.45) is 0 Å². The molecule has 21 heavy (non-hydrogen) atoms. The van der Waals surface area contributed by atoms with Gasteiger partial charge in [-0.1, -0.05) is 0 Å². The molecule has 0 saturated carbocycles. The van der Waals surface area contributed by atoms with Gasteiger partial charge in [0.1, 0.15) is 18.3 Å². The topological polar surface area (TPSA) is 212 Å². The van der Waals surface area contributed by atoms with E-state index < -0.39 is 48.2 Å². The van der Waals surface area contributed by atoms with E-state index in [0.717, 1.165) is 4.86 Å². The van der Waals surface area contributed by atoms with Gasteiger partial charge in [-0.15, -0.1) is 4.86 Å². The van der Waals surface area contributed by atoms with Crippen LogP contribution in [-0.4, -0.2) is 61.3 Å². The third kappa shape index (κ3) is 6.93. The second kappa shape index (κ2) is 6.81. The lowest BCUT2D eigenvalue weighted by atomic mass is 10.2. The molecule has 0 aromatic rings. The Kier molecular flexibility index (Phi) is 6.27. The standard InChI is InChI=1S/C5H14NO12P3/c7-3-1-16-4(5(3)8)2-17-21(14,15)18-20(12,13)6-19(9,10)11/h3-5,7-8H,1-2H2,(H,14,15)(H4,6,9,10,11,12,13)/t3-,4+,5-/m0/s1. The summed E-state index contributed by atoms with van der Waals surface area (Å²) < 4.78 is 45.7. The van der Waals surface area contributed by atoms with E-state index in [-0.39, 0.29) is 6.61 Å². The molecule has 0 bridgehead atoms. The summed E-state index contributed by atoms with van der Waals surface area (Å²) in [6, 6.07) is 0. The number of rotatable bonds is 7. The number of nitrogens with one attached hydrogen (secondary N) is 1. The van der Waals surface area contributed by atoms with E-state index in [0.29, 0.717) is 0 Å². The summed E-state index contributed by atoms with van der Waals surface area (Å²) >= 11 is 0. The highest BCUT2D eigenvalue weighted by atomic mass is 31.3. The predicted molar refractivity (Wildman–Crippen MR) is 63.6 cm³/mol. The molecule has 1 heterocycles. The molecule has 2 unspecified atom stereocenters. The van der Waals surface area contributed by atoms with Crippen molar-refractivity contribution < 1.29 is 57.1 Å². The second-order valence-electron chi connectivity index (χ2n) is 3.94. The smallest absolute Gasteiger partial charge is 0.388 e. The average molecular weight is 373 g/mol. The molecule has 0 aromatic carbocycles. The van der Waals surface area contributed by atoms with Crippen LogP contribution in [0.5, 0.6) is 0 Å². The average Bonchev–Trinajstić information content (AvgIpc) is 2.52. The summed E-state index contributed by atoms with van der Waals surface area (Å²) in [5.41, 5.74) is 0. The fourth-order valence-corrected chi connectivity index (χ4v) is 4.76.